The summed E-state index contributed by atoms with van der Waals surface area (Å²) < 4.78 is 2.27. The van der Waals surface area contributed by atoms with Gasteiger partial charge < -0.3 is 10.3 Å². The van der Waals surface area contributed by atoms with Crippen molar-refractivity contribution in [1.29, 1.82) is 0 Å². The quantitative estimate of drug-likeness (QED) is 0.883. The fraction of sp³-hybridized carbons (Fsp3) is 0.467. The third kappa shape index (κ3) is 1.39. The molecule has 0 atom stereocenters. The van der Waals surface area contributed by atoms with E-state index in [-0.39, 0.29) is 5.41 Å². The summed E-state index contributed by atoms with van der Waals surface area (Å²) in [6.07, 6.45) is 2.43. The highest BCUT2D eigenvalue weighted by molar-refractivity contribution is 6.32. The summed E-state index contributed by atoms with van der Waals surface area (Å²) in [5.41, 5.74) is 11.4. The lowest BCUT2D eigenvalue weighted by Crippen LogP contribution is -2.20. The molecule has 2 N–H and O–H groups in total. The van der Waals surface area contributed by atoms with E-state index < -0.39 is 0 Å². The molecular formula is C15H19ClN2. The molecule has 0 aliphatic heterocycles. The van der Waals surface area contributed by atoms with Crippen molar-refractivity contribution in [3.63, 3.8) is 0 Å². The van der Waals surface area contributed by atoms with Crippen LogP contribution in [0.1, 0.15) is 29.7 Å². The number of hydrogen-bond donors (Lipinski definition) is 1. The Morgan fingerprint density at radius 1 is 1.33 bits per heavy atom. The minimum atomic E-state index is 0.226. The van der Waals surface area contributed by atoms with Crippen LogP contribution in [-0.2, 0) is 12.5 Å². The molecular weight excluding hydrogens is 244 g/mol. The number of aromatic nitrogens is 1. The molecule has 1 aliphatic carbocycles. The Bertz CT molecular complexity index is 636. The van der Waals surface area contributed by atoms with Gasteiger partial charge in [-0.2, -0.15) is 0 Å². The maximum absolute atomic E-state index is 6.25. The van der Waals surface area contributed by atoms with Crippen LogP contribution in [0.5, 0.6) is 0 Å². The molecule has 96 valence electrons. The lowest BCUT2D eigenvalue weighted by atomic mass is 9.93. The van der Waals surface area contributed by atoms with Gasteiger partial charge in [-0.05, 0) is 43.9 Å². The highest BCUT2D eigenvalue weighted by Gasteiger charge is 2.46. The largest absolute Gasteiger partial charge is 0.347 e. The second kappa shape index (κ2) is 3.75. The summed E-state index contributed by atoms with van der Waals surface area (Å²) in [6, 6.07) is 4.16. The van der Waals surface area contributed by atoms with E-state index in [1.165, 1.54) is 40.6 Å². The van der Waals surface area contributed by atoms with Crippen molar-refractivity contribution >= 4 is 22.5 Å². The maximum Gasteiger partial charge on any atom is 0.0527 e. The van der Waals surface area contributed by atoms with Crippen molar-refractivity contribution in [3.8, 4) is 0 Å². The summed E-state index contributed by atoms with van der Waals surface area (Å²) in [7, 11) is 2.12. The summed E-state index contributed by atoms with van der Waals surface area (Å²) in [5.74, 6) is 0. The first-order valence-corrected chi connectivity index (χ1v) is 6.84. The normalized spacial score (nSPS) is 17.4. The van der Waals surface area contributed by atoms with Gasteiger partial charge in [-0.1, -0.05) is 17.7 Å². The van der Waals surface area contributed by atoms with E-state index in [2.05, 4.69) is 31.5 Å². The summed E-state index contributed by atoms with van der Waals surface area (Å²) in [4.78, 5) is 0. The lowest BCUT2D eigenvalue weighted by Gasteiger charge is -2.13. The van der Waals surface area contributed by atoms with Gasteiger partial charge >= 0.3 is 0 Å². The van der Waals surface area contributed by atoms with Crippen molar-refractivity contribution in [2.45, 2.75) is 32.1 Å². The van der Waals surface area contributed by atoms with Gasteiger partial charge in [-0.15, -0.1) is 0 Å². The first kappa shape index (κ1) is 12.1. The molecule has 3 rings (SSSR count). The van der Waals surface area contributed by atoms with Gasteiger partial charge in [0.1, 0.15) is 0 Å². The van der Waals surface area contributed by atoms with E-state index in [1.54, 1.807) is 0 Å². The molecule has 0 radical (unpaired) electrons. The molecule has 0 saturated heterocycles. The van der Waals surface area contributed by atoms with Crippen LogP contribution >= 0.6 is 11.6 Å². The Kier molecular flexibility index (Phi) is 2.51. The number of fused-ring (bicyclic) bond motifs is 1. The minimum absolute atomic E-state index is 0.226. The zero-order chi connectivity index (χ0) is 13.1. The van der Waals surface area contributed by atoms with Gasteiger partial charge in [0.05, 0.1) is 5.52 Å². The molecule has 3 heteroatoms. The third-order valence-electron chi connectivity index (χ3n) is 4.61. The van der Waals surface area contributed by atoms with E-state index in [9.17, 15) is 0 Å². The molecule has 0 amide bonds. The van der Waals surface area contributed by atoms with E-state index in [1.807, 2.05) is 6.07 Å². The van der Waals surface area contributed by atoms with Crippen LogP contribution < -0.4 is 5.73 Å². The molecule has 18 heavy (non-hydrogen) atoms. The fourth-order valence-corrected chi connectivity index (χ4v) is 3.37. The molecule has 1 aromatic heterocycles. The molecule has 2 aromatic rings. The molecule has 1 heterocycles. The highest BCUT2D eigenvalue weighted by Crippen LogP contribution is 2.51. The Balaban J connectivity index is 2.41. The smallest absolute Gasteiger partial charge is 0.0527 e. The van der Waals surface area contributed by atoms with E-state index in [0.29, 0.717) is 0 Å². The minimum Gasteiger partial charge on any atom is -0.347 e. The Labute approximate surface area is 113 Å². The first-order valence-electron chi connectivity index (χ1n) is 6.46. The number of hydrogen-bond acceptors (Lipinski definition) is 1. The van der Waals surface area contributed by atoms with E-state index in [0.717, 1.165) is 11.6 Å². The maximum atomic E-state index is 6.25. The highest BCUT2D eigenvalue weighted by atomic mass is 35.5. The number of rotatable bonds is 2. The van der Waals surface area contributed by atoms with Gasteiger partial charge in [0.25, 0.3) is 0 Å². The summed E-state index contributed by atoms with van der Waals surface area (Å²) >= 11 is 6.25. The van der Waals surface area contributed by atoms with Crippen LogP contribution in [0.15, 0.2) is 12.1 Å². The zero-order valence-electron chi connectivity index (χ0n) is 11.2. The van der Waals surface area contributed by atoms with Gasteiger partial charge in [0, 0.05) is 35.1 Å². The average Bonchev–Trinajstić information content (AvgIpc) is 3.09. The second-order valence-corrected chi connectivity index (χ2v) is 5.98. The zero-order valence-corrected chi connectivity index (χ0v) is 11.9. The number of aryl methyl sites for hydroxylation is 2. The van der Waals surface area contributed by atoms with Crippen LogP contribution in [0.2, 0.25) is 5.02 Å². The standard InChI is InChI=1S/C15H19ClN2/c1-9-12(16)5-4-11-13(15(8-17)6-7-15)10(2)18(3)14(9)11/h4-5H,6-8,17H2,1-3H3. The topological polar surface area (TPSA) is 30.9 Å². The van der Waals surface area contributed by atoms with Crippen molar-refractivity contribution < 1.29 is 0 Å². The number of benzene rings is 1. The molecule has 0 unspecified atom stereocenters. The summed E-state index contributed by atoms with van der Waals surface area (Å²) in [5, 5.41) is 2.17. The van der Waals surface area contributed by atoms with Gasteiger partial charge in [-0.3, -0.25) is 0 Å². The monoisotopic (exact) mass is 262 g/mol. The van der Waals surface area contributed by atoms with Gasteiger partial charge in [0.15, 0.2) is 0 Å². The SMILES string of the molecule is Cc1c(Cl)ccc2c(C3(CN)CC3)c(C)n(C)c12. The number of nitrogens with zero attached hydrogens (tertiary/aromatic N) is 1. The Morgan fingerprint density at radius 2 is 2.00 bits per heavy atom. The van der Waals surface area contributed by atoms with E-state index in [4.69, 9.17) is 17.3 Å². The van der Waals surface area contributed by atoms with Crippen LogP contribution in [0.3, 0.4) is 0 Å². The van der Waals surface area contributed by atoms with Crippen molar-refractivity contribution in [2.24, 2.45) is 12.8 Å². The number of nitrogens with two attached hydrogens (primary N) is 1. The average molecular weight is 263 g/mol. The van der Waals surface area contributed by atoms with Crippen LogP contribution in [-0.4, -0.2) is 11.1 Å². The van der Waals surface area contributed by atoms with Crippen LogP contribution in [0, 0.1) is 13.8 Å². The van der Waals surface area contributed by atoms with Crippen LogP contribution in [0.25, 0.3) is 10.9 Å². The number of halogens is 1. The Morgan fingerprint density at radius 3 is 2.56 bits per heavy atom. The molecule has 2 nitrogen and oxygen atoms in total. The summed E-state index contributed by atoms with van der Waals surface area (Å²) in [6.45, 7) is 5.03. The fourth-order valence-electron chi connectivity index (χ4n) is 3.22. The third-order valence-corrected chi connectivity index (χ3v) is 5.02. The van der Waals surface area contributed by atoms with E-state index >= 15 is 0 Å². The molecule has 1 aliphatic rings. The predicted molar refractivity (Wildman–Crippen MR) is 77.4 cm³/mol. The van der Waals surface area contributed by atoms with Gasteiger partial charge in [0.2, 0.25) is 0 Å². The van der Waals surface area contributed by atoms with Crippen molar-refractivity contribution in [1.82, 2.24) is 4.57 Å². The predicted octanol–water partition coefficient (Wildman–Crippen LogP) is 3.44. The van der Waals surface area contributed by atoms with Gasteiger partial charge in [-0.25, -0.2) is 0 Å². The molecule has 0 bridgehead atoms. The first-order chi connectivity index (χ1) is 8.52. The van der Waals surface area contributed by atoms with Crippen molar-refractivity contribution in [2.75, 3.05) is 6.54 Å². The molecule has 1 aromatic carbocycles. The van der Waals surface area contributed by atoms with Crippen LogP contribution in [0.4, 0.5) is 0 Å². The Hall–Kier alpha value is -0.990. The molecule has 1 fully saturated rings. The lowest BCUT2D eigenvalue weighted by molar-refractivity contribution is 0.697. The second-order valence-electron chi connectivity index (χ2n) is 5.57. The van der Waals surface area contributed by atoms with Crippen molar-refractivity contribution in [3.05, 3.63) is 34.0 Å². The molecule has 1 saturated carbocycles. The molecule has 0 spiro atoms.